The summed E-state index contributed by atoms with van der Waals surface area (Å²) in [6.45, 7) is 6.78. The number of hydrogen-bond acceptors (Lipinski definition) is 4. The number of aliphatic hydroxyl groups is 1. The van der Waals surface area contributed by atoms with Gasteiger partial charge in [0, 0.05) is 9.11 Å². The lowest BCUT2D eigenvalue weighted by molar-refractivity contribution is -0.0856. The molecule has 1 saturated heterocycles. The molecule has 0 unspecified atom stereocenters. The topological polar surface area (TPSA) is 64.6 Å². The van der Waals surface area contributed by atoms with E-state index in [-0.39, 0.29) is 29.9 Å². The van der Waals surface area contributed by atoms with Crippen molar-refractivity contribution < 1.29 is 23.1 Å². The van der Waals surface area contributed by atoms with Crippen LogP contribution in [0.3, 0.4) is 0 Å². The number of nitrogens with one attached hydrogen (secondary N) is 2. The Bertz CT molecular complexity index is 989. The third kappa shape index (κ3) is 5.69. The van der Waals surface area contributed by atoms with Crippen molar-refractivity contribution in [3.8, 4) is 0 Å². The fourth-order valence-corrected chi connectivity index (χ4v) is 3.84. The Morgan fingerprint density at radius 1 is 1.16 bits per heavy atom. The SMILES string of the molecule is CC(C)(C)NCCC1(O)CN(C(=O)c2ccc(F)c(F)c2Nc2ccc(I)cc2F)C1. The summed E-state index contributed by atoms with van der Waals surface area (Å²) < 4.78 is 43.3. The fourth-order valence-electron chi connectivity index (χ4n) is 3.38. The minimum atomic E-state index is -1.27. The van der Waals surface area contributed by atoms with Crippen LogP contribution in [0.2, 0.25) is 0 Å². The highest BCUT2D eigenvalue weighted by molar-refractivity contribution is 14.1. The maximum absolute atomic E-state index is 14.5. The summed E-state index contributed by atoms with van der Waals surface area (Å²) >= 11 is 1.93. The average molecular weight is 547 g/mol. The maximum atomic E-state index is 14.5. The van der Waals surface area contributed by atoms with Gasteiger partial charge in [0.1, 0.15) is 11.4 Å². The summed E-state index contributed by atoms with van der Waals surface area (Å²) in [5, 5.41) is 16.4. The lowest BCUT2D eigenvalue weighted by atomic mass is 9.89. The Kier molecular flexibility index (Phi) is 6.87. The maximum Gasteiger partial charge on any atom is 0.256 e. The fraction of sp³-hybridized carbons (Fsp3) is 0.409. The highest BCUT2D eigenvalue weighted by Crippen LogP contribution is 2.32. The minimum absolute atomic E-state index is 0.0765. The van der Waals surface area contributed by atoms with E-state index >= 15 is 0 Å². The molecule has 1 fully saturated rings. The van der Waals surface area contributed by atoms with Crippen LogP contribution in [-0.2, 0) is 0 Å². The molecule has 168 valence electrons. The Morgan fingerprint density at radius 2 is 1.84 bits per heavy atom. The first-order chi connectivity index (χ1) is 14.4. The van der Waals surface area contributed by atoms with Crippen LogP contribution in [0.15, 0.2) is 30.3 Å². The van der Waals surface area contributed by atoms with Gasteiger partial charge in [-0.2, -0.15) is 0 Å². The van der Waals surface area contributed by atoms with Crippen molar-refractivity contribution >= 4 is 39.9 Å². The van der Waals surface area contributed by atoms with Crippen LogP contribution < -0.4 is 10.6 Å². The molecule has 0 aliphatic carbocycles. The number of likely N-dealkylation sites (tertiary alicyclic amines) is 1. The summed E-state index contributed by atoms with van der Waals surface area (Å²) in [5.74, 6) is -3.65. The number of β-amino-alcohol motifs (C(OH)–C–C–N with tert-alkyl or cyclic N) is 1. The van der Waals surface area contributed by atoms with Crippen LogP contribution >= 0.6 is 22.6 Å². The Morgan fingerprint density at radius 3 is 2.45 bits per heavy atom. The van der Waals surface area contributed by atoms with E-state index in [2.05, 4.69) is 10.6 Å². The number of nitrogens with zero attached hydrogens (tertiary/aromatic N) is 1. The monoisotopic (exact) mass is 547 g/mol. The first kappa shape index (κ1) is 23.8. The van der Waals surface area contributed by atoms with E-state index in [1.807, 2.05) is 43.4 Å². The summed E-state index contributed by atoms with van der Waals surface area (Å²) in [6, 6.07) is 6.25. The molecule has 9 heteroatoms. The first-order valence-corrected chi connectivity index (χ1v) is 10.9. The lowest BCUT2D eigenvalue weighted by Crippen LogP contribution is -2.64. The highest BCUT2D eigenvalue weighted by Gasteiger charge is 2.44. The molecule has 2 aromatic rings. The third-order valence-electron chi connectivity index (χ3n) is 5.02. The molecule has 1 amide bonds. The van der Waals surface area contributed by atoms with Crippen LogP contribution in [-0.4, -0.2) is 46.7 Å². The van der Waals surface area contributed by atoms with E-state index in [0.29, 0.717) is 16.5 Å². The van der Waals surface area contributed by atoms with Gasteiger partial charge in [-0.05, 0) is 86.7 Å². The molecule has 1 heterocycles. The van der Waals surface area contributed by atoms with Crippen molar-refractivity contribution in [3.05, 3.63) is 56.9 Å². The molecule has 5 nitrogen and oxygen atoms in total. The first-order valence-electron chi connectivity index (χ1n) is 9.85. The van der Waals surface area contributed by atoms with Crippen molar-refractivity contribution in [1.29, 1.82) is 0 Å². The summed E-state index contributed by atoms with van der Waals surface area (Å²) in [7, 11) is 0. The molecular formula is C22H25F3IN3O2. The van der Waals surface area contributed by atoms with Gasteiger partial charge >= 0.3 is 0 Å². The summed E-state index contributed by atoms with van der Waals surface area (Å²) in [5.41, 5.74) is -1.77. The highest BCUT2D eigenvalue weighted by atomic mass is 127. The van der Waals surface area contributed by atoms with E-state index in [1.54, 1.807) is 6.07 Å². The second-order valence-electron chi connectivity index (χ2n) is 8.85. The second-order valence-corrected chi connectivity index (χ2v) is 10.1. The van der Waals surface area contributed by atoms with Gasteiger partial charge in [-0.1, -0.05) is 0 Å². The molecule has 0 bridgehead atoms. The van der Waals surface area contributed by atoms with Crippen LogP contribution in [0.1, 0.15) is 37.6 Å². The van der Waals surface area contributed by atoms with E-state index < -0.39 is 34.6 Å². The third-order valence-corrected chi connectivity index (χ3v) is 5.69. The standard InChI is InChI=1S/C22H25F3IN3O2/c1-21(2,3)27-9-8-22(31)11-29(12-22)20(30)14-5-6-15(23)18(25)19(14)28-17-7-4-13(26)10-16(17)24/h4-7,10,27-28,31H,8-9,11-12H2,1-3H3. The largest absolute Gasteiger partial charge is 0.386 e. The zero-order chi connectivity index (χ0) is 23.0. The quantitative estimate of drug-likeness (QED) is 0.469. The molecule has 0 spiro atoms. The predicted octanol–water partition coefficient (Wildman–Crippen LogP) is 4.42. The van der Waals surface area contributed by atoms with Gasteiger partial charge in [-0.3, -0.25) is 4.79 Å². The number of carbonyl (C=O) groups excluding carboxylic acids is 1. The molecule has 3 N–H and O–H groups in total. The smallest absolute Gasteiger partial charge is 0.256 e. The van der Waals surface area contributed by atoms with Crippen molar-refractivity contribution in [3.63, 3.8) is 0 Å². The second kappa shape index (κ2) is 8.95. The number of benzene rings is 2. The molecule has 1 aliphatic heterocycles. The van der Waals surface area contributed by atoms with E-state index in [1.165, 1.54) is 17.0 Å². The lowest BCUT2D eigenvalue weighted by Gasteiger charge is -2.47. The van der Waals surface area contributed by atoms with Crippen molar-refractivity contribution in [2.45, 2.75) is 38.3 Å². The number of hydrogen-bond donors (Lipinski definition) is 3. The van der Waals surface area contributed by atoms with E-state index in [4.69, 9.17) is 0 Å². The van der Waals surface area contributed by atoms with Gasteiger partial charge in [-0.15, -0.1) is 0 Å². The summed E-state index contributed by atoms with van der Waals surface area (Å²) in [6.07, 6.45) is 0.449. The van der Waals surface area contributed by atoms with Crippen molar-refractivity contribution in [2.24, 2.45) is 0 Å². The molecule has 31 heavy (non-hydrogen) atoms. The Labute approximate surface area is 193 Å². The number of amides is 1. The van der Waals surface area contributed by atoms with Crippen LogP contribution in [0, 0.1) is 21.0 Å². The van der Waals surface area contributed by atoms with Crippen LogP contribution in [0.4, 0.5) is 24.5 Å². The van der Waals surface area contributed by atoms with Crippen LogP contribution in [0.5, 0.6) is 0 Å². The summed E-state index contributed by atoms with van der Waals surface area (Å²) in [4.78, 5) is 14.3. The molecule has 0 radical (unpaired) electrons. The number of halogens is 4. The molecule has 0 aromatic heterocycles. The van der Waals surface area contributed by atoms with Gasteiger partial charge in [-0.25, -0.2) is 13.2 Å². The van der Waals surface area contributed by atoms with Gasteiger partial charge in [0.15, 0.2) is 11.6 Å². The molecule has 3 rings (SSSR count). The predicted molar refractivity (Wildman–Crippen MR) is 122 cm³/mol. The normalized spacial score (nSPS) is 15.5. The number of anilines is 2. The molecule has 2 aromatic carbocycles. The number of rotatable bonds is 6. The van der Waals surface area contributed by atoms with Gasteiger partial charge in [0.05, 0.1) is 30.0 Å². The molecular weight excluding hydrogens is 522 g/mol. The molecule has 0 saturated carbocycles. The van der Waals surface area contributed by atoms with Crippen molar-refractivity contribution in [1.82, 2.24) is 10.2 Å². The zero-order valence-corrected chi connectivity index (χ0v) is 19.7. The van der Waals surface area contributed by atoms with Gasteiger partial charge < -0.3 is 20.6 Å². The Hall–Kier alpha value is -1.85. The van der Waals surface area contributed by atoms with Gasteiger partial charge in [0.25, 0.3) is 5.91 Å². The Balaban J connectivity index is 1.76. The van der Waals surface area contributed by atoms with Crippen LogP contribution in [0.25, 0.3) is 0 Å². The van der Waals surface area contributed by atoms with Gasteiger partial charge in [0.2, 0.25) is 0 Å². The average Bonchev–Trinajstić information content (AvgIpc) is 2.64. The zero-order valence-electron chi connectivity index (χ0n) is 17.5. The minimum Gasteiger partial charge on any atom is -0.386 e. The van der Waals surface area contributed by atoms with Crippen molar-refractivity contribution in [2.75, 3.05) is 25.0 Å². The van der Waals surface area contributed by atoms with E-state index in [9.17, 15) is 23.1 Å². The number of carbonyl (C=O) groups is 1. The van der Waals surface area contributed by atoms with E-state index in [0.717, 1.165) is 12.1 Å². The molecule has 0 atom stereocenters. The molecule has 1 aliphatic rings.